The highest BCUT2D eigenvalue weighted by molar-refractivity contribution is 7.98. The number of benzene rings is 2. The van der Waals surface area contributed by atoms with E-state index in [9.17, 15) is 18.8 Å². The molecule has 0 unspecified atom stereocenters. The molecular formula is C21H23FN2O4S. The van der Waals surface area contributed by atoms with Gasteiger partial charge in [-0.3, -0.25) is 9.59 Å². The molecule has 2 amide bonds. The zero-order valence-corrected chi connectivity index (χ0v) is 17.1. The molecule has 0 aromatic heterocycles. The first-order chi connectivity index (χ1) is 13.9. The molecule has 0 saturated carbocycles. The molecule has 154 valence electrons. The fraction of sp³-hybridized carbons (Fsp3) is 0.286. The quantitative estimate of drug-likeness (QED) is 0.611. The number of hydrogen-bond donors (Lipinski definition) is 2. The first-order valence-electron chi connectivity index (χ1n) is 8.97. The van der Waals surface area contributed by atoms with Gasteiger partial charge in [-0.2, -0.15) is 11.8 Å². The number of amides is 2. The highest BCUT2D eigenvalue weighted by Gasteiger charge is 2.23. The normalized spacial score (nSPS) is 11.4. The molecular weight excluding hydrogens is 395 g/mol. The second-order valence-corrected chi connectivity index (χ2v) is 7.33. The Hall–Kier alpha value is -2.87. The molecule has 1 atom stereocenters. The van der Waals surface area contributed by atoms with Crippen molar-refractivity contribution in [1.82, 2.24) is 5.32 Å². The number of anilines is 1. The van der Waals surface area contributed by atoms with Gasteiger partial charge in [0.05, 0.1) is 0 Å². The lowest BCUT2D eigenvalue weighted by Gasteiger charge is -2.17. The largest absolute Gasteiger partial charge is 0.454 e. The van der Waals surface area contributed by atoms with Crippen LogP contribution in [0.2, 0.25) is 0 Å². The molecule has 0 radical (unpaired) electrons. The molecule has 0 spiro atoms. The number of hydrogen-bond acceptors (Lipinski definition) is 5. The Morgan fingerprint density at radius 2 is 1.86 bits per heavy atom. The van der Waals surface area contributed by atoms with Crippen molar-refractivity contribution in [3.63, 3.8) is 0 Å². The molecule has 2 aromatic rings. The maximum absolute atomic E-state index is 12.9. The molecule has 2 aromatic carbocycles. The topological polar surface area (TPSA) is 84.5 Å². The van der Waals surface area contributed by atoms with Crippen LogP contribution in [0.5, 0.6) is 0 Å². The molecule has 0 aliphatic carbocycles. The number of thioether (sulfide) groups is 1. The summed E-state index contributed by atoms with van der Waals surface area (Å²) in [5, 5.41) is 5.18. The highest BCUT2D eigenvalue weighted by atomic mass is 32.2. The summed E-state index contributed by atoms with van der Waals surface area (Å²) in [6.07, 6.45) is 2.26. The molecule has 2 N–H and O–H groups in total. The molecule has 0 fully saturated rings. The number of rotatable bonds is 9. The predicted octanol–water partition coefficient (Wildman–Crippen LogP) is 3.17. The first kappa shape index (κ1) is 22.4. The molecule has 6 nitrogen and oxygen atoms in total. The average molecular weight is 418 g/mol. The number of halogens is 1. The van der Waals surface area contributed by atoms with Gasteiger partial charge in [-0.05, 0) is 61.8 Å². The Morgan fingerprint density at radius 3 is 2.52 bits per heavy atom. The summed E-state index contributed by atoms with van der Waals surface area (Å²) in [6, 6.07) is 11.4. The number of esters is 1. The lowest BCUT2D eigenvalue weighted by molar-refractivity contribution is -0.149. The molecule has 8 heteroatoms. The van der Waals surface area contributed by atoms with E-state index in [1.165, 1.54) is 36.0 Å². The maximum Gasteiger partial charge on any atom is 0.329 e. The maximum atomic E-state index is 12.9. The van der Waals surface area contributed by atoms with Gasteiger partial charge in [0, 0.05) is 11.3 Å². The third-order valence-corrected chi connectivity index (χ3v) is 4.60. The summed E-state index contributed by atoms with van der Waals surface area (Å²) in [6.45, 7) is 1.36. The molecule has 0 bridgehead atoms. The summed E-state index contributed by atoms with van der Waals surface area (Å²) in [5.41, 5.74) is 1.76. The second-order valence-electron chi connectivity index (χ2n) is 6.34. The van der Waals surface area contributed by atoms with Crippen molar-refractivity contribution in [2.24, 2.45) is 0 Å². The van der Waals surface area contributed by atoms with Crippen LogP contribution in [-0.4, -0.2) is 42.4 Å². The fourth-order valence-electron chi connectivity index (χ4n) is 2.48. The molecule has 29 heavy (non-hydrogen) atoms. The van der Waals surface area contributed by atoms with Gasteiger partial charge < -0.3 is 15.4 Å². The minimum Gasteiger partial charge on any atom is -0.454 e. The Morgan fingerprint density at radius 1 is 1.14 bits per heavy atom. The SMILES string of the molecule is CSCC[C@H](NC(=O)c1cccc(C)c1)C(=O)OCC(=O)Nc1ccc(F)cc1. The van der Waals surface area contributed by atoms with E-state index >= 15 is 0 Å². The van der Waals surface area contributed by atoms with Crippen molar-refractivity contribution in [2.45, 2.75) is 19.4 Å². The van der Waals surface area contributed by atoms with Gasteiger partial charge in [0.25, 0.3) is 11.8 Å². The molecule has 0 aliphatic rings. The van der Waals surface area contributed by atoms with Crippen LogP contribution in [0.1, 0.15) is 22.3 Å². The summed E-state index contributed by atoms with van der Waals surface area (Å²) in [7, 11) is 0. The van der Waals surface area contributed by atoms with E-state index in [4.69, 9.17) is 4.74 Å². The summed E-state index contributed by atoms with van der Waals surface area (Å²) in [5.74, 6) is -1.41. The van der Waals surface area contributed by atoms with Gasteiger partial charge in [0.2, 0.25) is 0 Å². The minimum atomic E-state index is -0.867. The van der Waals surface area contributed by atoms with Gasteiger partial charge in [0.15, 0.2) is 6.61 Å². The van der Waals surface area contributed by atoms with E-state index in [1.807, 2.05) is 19.2 Å². The van der Waals surface area contributed by atoms with Crippen molar-refractivity contribution in [3.8, 4) is 0 Å². The van der Waals surface area contributed by atoms with Crippen LogP contribution in [0.3, 0.4) is 0 Å². The van der Waals surface area contributed by atoms with Gasteiger partial charge in [-0.15, -0.1) is 0 Å². The Labute approximate surface area is 173 Å². The summed E-state index contributed by atoms with van der Waals surface area (Å²) >= 11 is 1.53. The van der Waals surface area contributed by atoms with E-state index in [1.54, 1.807) is 18.2 Å². The Kier molecular flexibility index (Phi) is 8.67. The Balaban J connectivity index is 1.92. The van der Waals surface area contributed by atoms with Gasteiger partial charge in [0.1, 0.15) is 11.9 Å². The van der Waals surface area contributed by atoms with E-state index in [-0.39, 0.29) is 5.91 Å². The van der Waals surface area contributed by atoms with Crippen molar-refractivity contribution in [1.29, 1.82) is 0 Å². The monoisotopic (exact) mass is 418 g/mol. The fourth-order valence-corrected chi connectivity index (χ4v) is 2.95. The van der Waals surface area contributed by atoms with Gasteiger partial charge in [-0.25, -0.2) is 9.18 Å². The van der Waals surface area contributed by atoms with Crippen LogP contribution in [0, 0.1) is 12.7 Å². The third kappa shape index (κ3) is 7.57. The zero-order valence-electron chi connectivity index (χ0n) is 16.2. The first-order valence-corrected chi connectivity index (χ1v) is 10.4. The van der Waals surface area contributed by atoms with Gasteiger partial charge >= 0.3 is 5.97 Å². The molecule has 0 saturated heterocycles. The van der Waals surface area contributed by atoms with E-state index in [2.05, 4.69) is 10.6 Å². The van der Waals surface area contributed by atoms with Crippen molar-refractivity contribution in [3.05, 3.63) is 65.5 Å². The van der Waals surface area contributed by atoms with Crippen LogP contribution in [0.15, 0.2) is 48.5 Å². The van der Waals surface area contributed by atoms with E-state index in [0.29, 0.717) is 23.4 Å². The lowest BCUT2D eigenvalue weighted by Crippen LogP contribution is -2.43. The number of aryl methyl sites for hydroxylation is 1. The highest BCUT2D eigenvalue weighted by Crippen LogP contribution is 2.09. The van der Waals surface area contributed by atoms with E-state index in [0.717, 1.165) is 5.56 Å². The number of nitrogens with one attached hydrogen (secondary N) is 2. The van der Waals surface area contributed by atoms with Crippen LogP contribution in [-0.2, 0) is 14.3 Å². The van der Waals surface area contributed by atoms with E-state index < -0.39 is 30.3 Å². The number of ether oxygens (including phenoxy) is 1. The summed E-state index contributed by atoms with van der Waals surface area (Å²) in [4.78, 5) is 36.8. The standard InChI is InChI=1S/C21H23FN2O4S/c1-14-4-3-5-15(12-14)20(26)24-18(10-11-29-2)21(27)28-13-19(25)23-17-8-6-16(22)7-9-17/h3-9,12,18H,10-11,13H2,1-2H3,(H,23,25)(H,24,26)/t18-/m0/s1. The van der Waals surface area contributed by atoms with Crippen LogP contribution < -0.4 is 10.6 Å². The van der Waals surface area contributed by atoms with Crippen LogP contribution in [0.4, 0.5) is 10.1 Å². The van der Waals surface area contributed by atoms with Crippen LogP contribution in [0.25, 0.3) is 0 Å². The van der Waals surface area contributed by atoms with Crippen LogP contribution >= 0.6 is 11.8 Å². The number of carbonyl (C=O) groups is 3. The van der Waals surface area contributed by atoms with Crippen molar-refractivity contribution >= 4 is 35.2 Å². The predicted molar refractivity (Wildman–Crippen MR) is 111 cm³/mol. The smallest absolute Gasteiger partial charge is 0.329 e. The summed E-state index contributed by atoms with van der Waals surface area (Å²) < 4.78 is 18.0. The van der Waals surface area contributed by atoms with Crippen molar-refractivity contribution < 1.29 is 23.5 Å². The Bertz CT molecular complexity index is 858. The molecule has 2 rings (SSSR count). The van der Waals surface area contributed by atoms with Gasteiger partial charge in [-0.1, -0.05) is 17.7 Å². The number of carbonyl (C=O) groups excluding carboxylic acids is 3. The third-order valence-electron chi connectivity index (χ3n) is 3.95. The molecule has 0 aliphatic heterocycles. The second kappa shape index (κ2) is 11.2. The zero-order chi connectivity index (χ0) is 21.2. The average Bonchev–Trinajstić information content (AvgIpc) is 2.70. The minimum absolute atomic E-state index is 0.372. The van der Waals surface area contributed by atoms with Crippen molar-refractivity contribution in [2.75, 3.05) is 23.9 Å². The molecule has 0 heterocycles. The lowest BCUT2D eigenvalue weighted by atomic mass is 10.1.